The van der Waals surface area contributed by atoms with Gasteiger partial charge in [0.05, 0.1) is 0 Å². The summed E-state index contributed by atoms with van der Waals surface area (Å²) in [5.74, 6) is 0. The number of rotatable bonds is 4. The summed E-state index contributed by atoms with van der Waals surface area (Å²) in [4.78, 5) is 0. The van der Waals surface area contributed by atoms with Crippen molar-refractivity contribution in [3.05, 3.63) is 69.2 Å². The zero-order valence-corrected chi connectivity index (χ0v) is 13.5. The molecular formula is C17H19Cl2N. The van der Waals surface area contributed by atoms with Crippen molar-refractivity contribution in [1.82, 2.24) is 5.32 Å². The Morgan fingerprint density at radius 3 is 2.40 bits per heavy atom. The molecule has 0 fully saturated rings. The number of aryl methyl sites for hydroxylation is 1. The van der Waals surface area contributed by atoms with Gasteiger partial charge in [-0.05, 0) is 50.1 Å². The first-order valence-corrected chi connectivity index (χ1v) is 7.50. The van der Waals surface area contributed by atoms with Gasteiger partial charge in [0.2, 0.25) is 0 Å². The molecule has 2 aromatic rings. The van der Waals surface area contributed by atoms with Crippen molar-refractivity contribution in [2.24, 2.45) is 0 Å². The van der Waals surface area contributed by atoms with Gasteiger partial charge in [-0.3, -0.25) is 0 Å². The van der Waals surface area contributed by atoms with Gasteiger partial charge < -0.3 is 5.32 Å². The Labute approximate surface area is 130 Å². The first-order valence-electron chi connectivity index (χ1n) is 6.75. The monoisotopic (exact) mass is 307 g/mol. The Morgan fingerprint density at radius 1 is 0.950 bits per heavy atom. The summed E-state index contributed by atoms with van der Waals surface area (Å²) >= 11 is 12.3. The highest BCUT2D eigenvalue weighted by atomic mass is 35.5. The van der Waals surface area contributed by atoms with Gasteiger partial charge in [0.1, 0.15) is 0 Å². The molecule has 1 unspecified atom stereocenters. The van der Waals surface area contributed by atoms with Crippen molar-refractivity contribution in [2.45, 2.75) is 32.9 Å². The van der Waals surface area contributed by atoms with Crippen LogP contribution in [0.5, 0.6) is 0 Å². The van der Waals surface area contributed by atoms with E-state index < -0.39 is 0 Å². The zero-order chi connectivity index (χ0) is 14.7. The topological polar surface area (TPSA) is 12.0 Å². The molecule has 0 aliphatic heterocycles. The molecule has 20 heavy (non-hydrogen) atoms. The Kier molecular flexibility index (Phi) is 5.09. The first-order chi connectivity index (χ1) is 9.47. The van der Waals surface area contributed by atoms with Gasteiger partial charge >= 0.3 is 0 Å². The number of halogens is 2. The molecule has 2 aromatic carbocycles. The largest absolute Gasteiger partial charge is 0.304 e. The number of nitrogens with one attached hydrogen (secondary N) is 1. The summed E-state index contributed by atoms with van der Waals surface area (Å²) in [7, 11) is 0. The maximum absolute atomic E-state index is 6.25. The predicted octanol–water partition coefficient (Wildman–Crippen LogP) is 5.71. The Hall–Kier alpha value is -1.02. The van der Waals surface area contributed by atoms with E-state index in [1.807, 2.05) is 18.2 Å². The lowest BCUT2D eigenvalue weighted by Crippen LogP contribution is -2.22. The van der Waals surface area contributed by atoms with E-state index in [0.717, 1.165) is 10.6 Å². The van der Waals surface area contributed by atoms with E-state index in [9.17, 15) is 0 Å². The second-order valence-corrected chi connectivity index (χ2v) is 6.03. The molecule has 0 saturated carbocycles. The summed E-state index contributed by atoms with van der Waals surface area (Å²) in [5.41, 5.74) is 3.57. The van der Waals surface area contributed by atoms with Crippen LogP contribution in [0, 0.1) is 6.92 Å². The smallest absolute Gasteiger partial charge is 0.0454 e. The fourth-order valence-corrected chi connectivity index (χ4v) is 2.81. The minimum absolute atomic E-state index is 0.136. The highest BCUT2D eigenvalue weighted by Gasteiger charge is 2.14. The van der Waals surface area contributed by atoms with E-state index in [1.54, 1.807) is 0 Å². The standard InChI is InChI=1S/C17H19Cl2N/c1-11-5-4-6-14(9-11)12(2)20-13(3)16-10-15(18)7-8-17(16)19/h4-10,12-13,20H,1-3H3/t12-,13?/m1/s1. The van der Waals surface area contributed by atoms with Crippen molar-refractivity contribution in [3.8, 4) is 0 Å². The van der Waals surface area contributed by atoms with Crippen molar-refractivity contribution in [2.75, 3.05) is 0 Å². The predicted molar refractivity (Wildman–Crippen MR) is 87.6 cm³/mol. The lowest BCUT2D eigenvalue weighted by Gasteiger charge is -2.22. The summed E-state index contributed by atoms with van der Waals surface area (Å²) in [6.45, 7) is 6.36. The molecule has 1 nitrogen and oxygen atoms in total. The highest BCUT2D eigenvalue weighted by molar-refractivity contribution is 6.33. The van der Waals surface area contributed by atoms with E-state index in [4.69, 9.17) is 23.2 Å². The molecular weight excluding hydrogens is 289 g/mol. The molecule has 3 heteroatoms. The molecule has 0 spiro atoms. The van der Waals surface area contributed by atoms with Crippen LogP contribution in [-0.2, 0) is 0 Å². The van der Waals surface area contributed by atoms with Crippen LogP contribution in [0.1, 0.15) is 42.6 Å². The van der Waals surface area contributed by atoms with Crippen molar-refractivity contribution in [3.63, 3.8) is 0 Å². The van der Waals surface area contributed by atoms with Gasteiger partial charge in [0, 0.05) is 22.1 Å². The maximum Gasteiger partial charge on any atom is 0.0454 e. The molecule has 2 rings (SSSR count). The normalized spacial score (nSPS) is 14.1. The van der Waals surface area contributed by atoms with Crippen molar-refractivity contribution < 1.29 is 0 Å². The third kappa shape index (κ3) is 3.76. The molecule has 106 valence electrons. The van der Waals surface area contributed by atoms with Crippen LogP contribution >= 0.6 is 23.2 Å². The van der Waals surface area contributed by atoms with E-state index in [-0.39, 0.29) is 12.1 Å². The van der Waals surface area contributed by atoms with Gasteiger partial charge in [0.15, 0.2) is 0 Å². The molecule has 0 bridgehead atoms. The lowest BCUT2D eigenvalue weighted by molar-refractivity contribution is 0.494. The van der Waals surface area contributed by atoms with Crippen LogP contribution in [0.15, 0.2) is 42.5 Å². The molecule has 2 atom stereocenters. The molecule has 0 aromatic heterocycles. The van der Waals surface area contributed by atoms with E-state index in [1.165, 1.54) is 11.1 Å². The SMILES string of the molecule is Cc1cccc([C@@H](C)NC(C)c2cc(Cl)ccc2Cl)c1. The summed E-state index contributed by atoms with van der Waals surface area (Å²) in [5, 5.41) is 5.02. The molecule has 0 saturated heterocycles. The molecule has 1 N–H and O–H groups in total. The second kappa shape index (κ2) is 6.62. The molecule has 0 heterocycles. The summed E-state index contributed by atoms with van der Waals surface area (Å²) in [6.07, 6.45) is 0. The number of hydrogen-bond donors (Lipinski definition) is 1. The Morgan fingerprint density at radius 2 is 1.70 bits per heavy atom. The maximum atomic E-state index is 6.25. The third-order valence-corrected chi connectivity index (χ3v) is 4.05. The molecule has 0 radical (unpaired) electrons. The fourth-order valence-electron chi connectivity index (χ4n) is 2.35. The zero-order valence-electron chi connectivity index (χ0n) is 12.0. The quantitative estimate of drug-likeness (QED) is 0.762. The summed E-state index contributed by atoms with van der Waals surface area (Å²) in [6, 6.07) is 14.5. The van der Waals surface area contributed by atoms with Gasteiger partial charge in [-0.15, -0.1) is 0 Å². The van der Waals surface area contributed by atoms with Crippen molar-refractivity contribution >= 4 is 23.2 Å². The molecule has 0 amide bonds. The van der Waals surface area contributed by atoms with Gasteiger partial charge in [-0.25, -0.2) is 0 Å². The van der Waals surface area contributed by atoms with Crippen LogP contribution in [0.25, 0.3) is 0 Å². The van der Waals surface area contributed by atoms with E-state index in [2.05, 4.69) is 50.4 Å². The van der Waals surface area contributed by atoms with Crippen LogP contribution in [0.2, 0.25) is 10.0 Å². The first kappa shape index (κ1) is 15.4. The van der Waals surface area contributed by atoms with Crippen molar-refractivity contribution in [1.29, 1.82) is 0 Å². The van der Waals surface area contributed by atoms with Gasteiger partial charge in [-0.1, -0.05) is 53.0 Å². The minimum Gasteiger partial charge on any atom is -0.304 e. The average Bonchev–Trinajstić information content (AvgIpc) is 2.41. The number of benzene rings is 2. The van der Waals surface area contributed by atoms with Gasteiger partial charge in [-0.2, -0.15) is 0 Å². The van der Waals surface area contributed by atoms with Crippen LogP contribution < -0.4 is 5.32 Å². The van der Waals surface area contributed by atoms with E-state index >= 15 is 0 Å². The van der Waals surface area contributed by atoms with Crippen LogP contribution in [-0.4, -0.2) is 0 Å². The molecule has 0 aliphatic carbocycles. The second-order valence-electron chi connectivity index (χ2n) is 5.19. The summed E-state index contributed by atoms with van der Waals surface area (Å²) < 4.78 is 0. The third-order valence-electron chi connectivity index (χ3n) is 3.47. The Bertz CT molecular complexity index is 595. The fraction of sp³-hybridized carbons (Fsp3) is 0.294. The van der Waals surface area contributed by atoms with E-state index in [0.29, 0.717) is 5.02 Å². The minimum atomic E-state index is 0.136. The highest BCUT2D eigenvalue weighted by Crippen LogP contribution is 2.28. The Balaban J connectivity index is 2.15. The van der Waals surface area contributed by atoms with Crippen LogP contribution in [0.4, 0.5) is 0 Å². The van der Waals surface area contributed by atoms with Crippen LogP contribution in [0.3, 0.4) is 0 Å². The van der Waals surface area contributed by atoms with Gasteiger partial charge in [0.25, 0.3) is 0 Å². The average molecular weight is 308 g/mol. The lowest BCUT2D eigenvalue weighted by atomic mass is 10.0. The molecule has 0 aliphatic rings. The number of hydrogen-bond acceptors (Lipinski definition) is 1.